The summed E-state index contributed by atoms with van der Waals surface area (Å²) in [6, 6.07) is 8.18. The van der Waals surface area contributed by atoms with Crippen molar-refractivity contribution >= 4 is 36.4 Å². The Balaban J connectivity index is 0.00000171. The summed E-state index contributed by atoms with van der Waals surface area (Å²) in [7, 11) is 0. The van der Waals surface area contributed by atoms with Crippen LogP contribution in [0.5, 0.6) is 0 Å². The fraction of sp³-hybridized carbons (Fsp3) is 0.600. The van der Waals surface area contributed by atoms with Gasteiger partial charge in [0.05, 0.1) is 6.67 Å². The van der Waals surface area contributed by atoms with Gasteiger partial charge < -0.3 is 5.73 Å². The number of halogens is 6. The number of nitrogens with zero attached hydrogens (tertiary/aromatic N) is 4. The van der Waals surface area contributed by atoms with Gasteiger partial charge in [-0.25, -0.2) is 0 Å². The van der Waals surface area contributed by atoms with E-state index in [1.807, 2.05) is 25.1 Å². The molecule has 1 aromatic heterocycles. The van der Waals surface area contributed by atoms with Crippen molar-refractivity contribution in [3.05, 3.63) is 46.5 Å². The lowest BCUT2D eigenvalue weighted by atomic mass is 9.68. The number of alkyl halides is 3. The lowest BCUT2D eigenvalue weighted by Gasteiger charge is -2.46. The zero-order valence-corrected chi connectivity index (χ0v) is 19.5. The molecule has 0 radical (unpaired) electrons. The van der Waals surface area contributed by atoms with Crippen LogP contribution in [0.2, 0.25) is 5.02 Å². The fourth-order valence-electron chi connectivity index (χ4n) is 4.92. The largest absolute Gasteiger partial charge is 0.451 e. The van der Waals surface area contributed by atoms with Crippen molar-refractivity contribution in [2.45, 2.75) is 69.4 Å². The molecule has 1 aromatic carbocycles. The van der Waals surface area contributed by atoms with E-state index in [0.29, 0.717) is 23.8 Å². The van der Waals surface area contributed by atoms with E-state index in [-0.39, 0.29) is 49.0 Å². The first-order chi connectivity index (χ1) is 13.7. The zero-order chi connectivity index (χ0) is 20.8. The van der Waals surface area contributed by atoms with Crippen molar-refractivity contribution < 1.29 is 13.2 Å². The highest BCUT2D eigenvalue weighted by Gasteiger charge is 2.43. The van der Waals surface area contributed by atoms with E-state index in [4.69, 9.17) is 17.3 Å². The molecule has 1 aliphatic heterocycles. The Bertz CT molecular complexity index is 881. The van der Waals surface area contributed by atoms with Gasteiger partial charge in [0, 0.05) is 35.5 Å². The van der Waals surface area contributed by atoms with Crippen LogP contribution >= 0.6 is 36.4 Å². The summed E-state index contributed by atoms with van der Waals surface area (Å²) in [5.74, 6) is -0.498. The molecule has 11 heteroatoms. The maximum absolute atomic E-state index is 13.3. The van der Waals surface area contributed by atoms with Gasteiger partial charge in [0.1, 0.15) is 5.82 Å². The second-order valence-corrected chi connectivity index (χ2v) is 8.74. The SMILES string of the molecule is CC1Cc2nnc(C(F)(F)F)n2CN1[C@H]1CC[C@@](CN)(c2cccc(Cl)c2)CC1.Cl.Cl. The van der Waals surface area contributed by atoms with E-state index in [0.717, 1.165) is 31.2 Å². The summed E-state index contributed by atoms with van der Waals surface area (Å²) in [4.78, 5) is 2.17. The second-order valence-electron chi connectivity index (χ2n) is 8.30. The third-order valence-corrected chi connectivity index (χ3v) is 6.87. The molecular weight excluding hydrogens is 474 g/mol. The van der Waals surface area contributed by atoms with E-state index in [1.165, 1.54) is 4.57 Å². The van der Waals surface area contributed by atoms with Crippen molar-refractivity contribution in [2.24, 2.45) is 5.73 Å². The molecule has 174 valence electrons. The van der Waals surface area contributed by atoms with Crippen molar-refractivity contribution in [1.82, 2.24) is 19.7 Å². The van der Waals surface area contributed by atoms with E-state index in [9.17, 15) is 13.2 Å². The number of benzene rings is 1. The first kappa shape index (κ1) is 26.2. The van der Waals surface area contributed by atoms with Gasteiger partial charge in [-0.1, -0.05) is 23.7 Å². The molecule has 2 aliphatic rings. The van der Waals surface area contributed by atoms with Gasteiger partial charge in [-0.2, -0.15) is 13.2 Å². The standard InChI is InChI=1S/C20H25ClF3N5.2ClH/c1-13-9-17-26-27-18(20(22,23)24)29(17)12-28(13)16-5-7-19(11-25,8-6-16)14-3-2-4-15(21)10-14;;/h2-4,10,13,16H,5-9,11-12,25H2,1H3;2*1H/t13?,16-,19+;;. The van der Waals surface area contributed by atoms with E-state index >= 15 is 0 Å². The smallest absolute Gasteiger partial charge is 0.330 e. The number of aromatic nitrogens is 3. The van der Waals surface area contributed by atoms with Crippen molar-refractivity contribution in [2.75, 3.05) is 6.54 Å². The highest BCUT2D eigenvalue weighted by atomic mass is 35.5. The molecule has 2 heterocycles. The van der Waals surface area contributed by atoms with Crippen molar-refractivity contribution in [3.8, 4) is 0 Å². The van der Waals surface area contributed by atoms with Crippen LogP contribution in [0.4, 0.5) is 13.2 Å². The second kappa shape index (κ2) is 9.83. The van der Waals surface area contributed by atoms with E-state index < -0.39 is 12.0 Å². The molecule has 31 heavy (non-hydrogen) atoms. The average molecular weight is 501 g/mol. The van der Waals surface area contributed by atoms with Gasteiger partial charge in [-0.05, 0) is 50.3 Å². The third kappa shape index (κ3) is 4.98. The maximum atomic E-state index is 13.3. The fourth-order valence-corrected chi connectivity index (χ4v) is 5.11. The molecule has 5 nitrogen and oxygen atoms in total. The highest BCUT2D eigenvalue weighted by molar-refractivity contribution is 6.30. The molecule has 0 bridgehead atoms. The van der Waals surface area contributed by atoms with Gasteiger partial charge in [-0.3, -0.25) is 9.47 Å². The van der Waals surface area contributed by atoms with Crippen LogP contribution in [0, 0.1) is 0 Å². The van der Waals surface area contributed by atoms with Crippen LogP contribution in [0.3, 0.4) is 0 Å². The third-order valence-electron chi connectivity index (χ3n) is 6.64. The molecule has 1 aliphatic carbocycles. The molecule has 0 amide bonds. The predicted molar refractivity (Wildman–Crippen MR) is 119 cm³/mol. The normalized spacial score (nSPS) is 26.5. The summed E-state index contributed by atoms with van der Waals surface area (Å²) >= 11 is 6.19. The Morgan fingerprint density at radius 2 is 1.87 bits per heavy atom. The predicted octanol–water partition coefficient (Wildman–Crippen LogP) is 4.84. The monoisotopic (exact) mass is 499 g/mol. The Kier molecular flexibility index (Phi) is 8.31. The number of nitrogens with two attached hydrogens (primary N) is 1. The summed E-state index contributed by atoms with van der Waals surface area (Å²) < 4.78 is 41.1. The average Bonchev–Trinajstić information content (AvgIpc) is 3.10. The van der Waals surface area contributed by atoms with Crippen molar-refractivity contribution in [1.29, 1.82) is 0 Å². The van der Waals surface area contributed by atoms with Gasteiger partial charge in [0.25, 0.3) is 0 Å². The molecule has 2 aromatic rings. The minimum Gasteiger partial charge on any atom is -0.330 e. The first-order valence-electron chi connectivity index (χ1n) is 9.95. The molecule has 1 fully saturated rings. The minimum atomic E-state index is -4.49. The van der Waals surface area contributed by atoms with Crippen LogP contribution in [-0.4, -0.2) is 38.3 Å². The Morgan fingerprint density at radius 1 is 1.19 bits per heavy atom. The van der Waals surface area contributed by atoms with Gasteiger partial charge >= 0.3 is 6.18 Å². The molecule has 2 N–H and O–H groups in total. The van der Waals surface area contributed by atoms with Crippen LogP contribution in [0.15, 0.2) is 24.3 Å². The maximum Gasteiger partial charge on any atom is 0.451 e. The Hall–Kier alpha value is -1.06. The van der Waals surface area contributed by atoms with Crippen LogP contribution in [-0.2, 0) is 24.7 Å². The molecular formula is C20H27Cl3F3N5. The molecule has 0 saturated heterocycles. The topological polar surface area (TPSA) is 60.0 Å². The van der Waals surface area contributed by atoms with E-state index in [1.54, 1.807) is 0 Å². The van der Waals surface area contributed by atoms with Crippen molar-refractivity contribution in [3.63, 3.8) is 0 Å². The summed E-state index contributed by atoms with van der Waals surface area (Å²) in [5.41, 5.74) is 7.21. The first-order valence-corrected chi connectivity index (χ1v) is 10.3. The van der Waals surface area contributed by atoms with Crippen LogP contribution < -0.4 is 5.73 Å². The van der Waals surface area contributed by atoms with Crippen LogP contribution in [0.1, 0.15) is 49.8 Å². The van der Waals surface area contributed by atoms with Gasteiger partial charge in [0.15, 0.2) is 0 Å². The Morgan fingerprint density at radius 3 is 2.45 bits per heavy atom. The number of hydrogen-bond donors (Lipinski definition) is 1. The molecule has 0 spiro atoms. The quantitative estimate of drug-likeness (QED) is 0.655. The summed E-state index contributed by atoms with van der Waals surface area (Å²) in [6.07, 6.45) is -0.487. The highest BCUT2D eigenvalue weighted by Crippen LogP contribution is 2.42. The number of rotatable bonds is 3. The lowest BCUT2D eigenvalue weighted by Crippen LogP contribution is -2.51. The zero-order valence-electron chi connectivity index (χ0n) is 17.1. The van der Waals surface area contributed by atoms with Gasteiger partial charge in [0.2, 0.25) is 5.82 Å². The lowest BCUT2D eigenvalue weighted by molar-refractivity contribution is -0.149. The molecule has 1 atom stereocenters. The summed E-state index contributed by atoms with van der Waals surface area (Å²) in [6.45, 7) is 2.76. The number of fused-ring (bicyclic) bond motifs is 1. The molecule has 4 rings (SSSR count). The van der Waals surface area contributed by atoms with Gasteiger partial charge in [-0.15, -0.1) is 35.0 Å². The molecule has 1 saturated carbocycles. The summed E-state index contributed by atoms with van der Waals surface area (Å²) in [5, 5.41) is 7.87. The number of hydrogen-bond acceptors (Lipinski definition) is 4. The Labute approximate surface area is 197 Å². The van der Waals surface area contributed by atoms with E-state index in [2.05, 4.69) is 21.2 Å². The van der Waals surface area contributed by atoms with Crippen LogP contribution in [0.25, 0.3) is 0 Å². The minimum absolute atomic E-state index is 0. The molecule has 1 unspecified atom stereocenters.